The molecule has 1 aliphatic rings. The number of nitrogens with one attached hydrogen (secondary N) is 1. The van der Waals surface area contributed by atoms with E-state index < -0.39 is 0 Å². The number of carbonyl (C=O) groups excluding carboxylic acids is 1. The van der Waals surface area contributed by atoms with E-state index in [-0.39, 0.29) is 11.9 Å². The molecule has 1 atom stereocenters. The standard InChI is InChI=1S/C26H23N7OS/c1-17(18-5-3-2-4-6-18)33-16-29-31-25(33)24-11-20(14-35-24)30-26(34)22-12-21(9-10-27-22)32-13-23(28-15-32)19-7-8-19/h2-6,9-17,19H,7-8H2,1H3,(H,30,34)/t17-/m0/s1. The Labute approximate surface area is 206 Å². The van der Waals surface area contributed by atoms with Crippen molar-refractivity contribution in [2.24, 2.45) is 0 Å². The van der Waals surface area contributed by atoms with Crippen LogP contribution in [-0.2, 0) is 0 Å². The second-order valence-electron chi connectivity index (χ2n) is 8.68. The number of imidazole rings is 1. The second-order valence-corrected chi connectivity index (χ2v) is 9.59. The van der Waals surface area contributed by atoms with Gasteiger partial charge in [-0.25, -0.2) is 4.98 Å². The number of hydrogen-bond acceptors (Lipinski definition) is 6. The topological polar surface area (TPSA) is 90.5 Å². The monoisotopic (exact) mass is 481 g/mol. The third kappa shape index (κ3) is 4.38. The number of amides is 1. The van der Waals surface area contributed by atoms with Crippen molar-refractivity contribution in [1.82, 2.24) is 29.3 Å². The first kappa shape index (κ1) is 21.4. The van der Waals surface area contributed by atoms with E-state index in [1.165, 1.54) is 29.7 Å². The molecule has 4 heterocycles. The van der Waals surface area contributed by atoms with Gasteiger partial charge in [-0.05, 0) is 43.5 Å². The molecule has 6 rings (SSSR count). The molecule has 9 heteroatoms. The van der Waals surface area contributed by atoms with E-state index in [4.69, 9.17) is 0 Å². The fourth-order valence-corrected chi connectivity index (χ4v) is 4.91. The maximum Gasteiger partial charge on any atom is 0.274 e. The summed E-state index contributed by atoms with van der Waals surface area (Å²) in [6, 6.07) is 15.9. The van der Waals surface area contributed by atoms with Gasteiger partial charge in [0.1, 0.15) is 12.0 Å². The third-order valence-corrected chi connectivity index (χ3v) is 7.15. The van der Waals surface area contributed by atoms with Gasteiger partial charge in [0.25, 0.3) is 5.91 Å². The summed E-state index contributed by atoms with van der Waals surface area (Å²) in [5.74, 6) is 1.08. The van der Waals surface area contributed by atoms with Gasteiger partial charge in [-0.3, -0.25) is 9.78 Å². The SMILES string of the molecule is C[C@@H](c1ccccc1)n1cnnc1-c1cc(NC(=O)c2cc(-n3cnc(C4CC4)c3)ccn2)cs1. The van der Waals surface area contributed by atoms with Crippen molar-refractivity contribution >= 4 is 22.9 Å². The van der Waals surface area contributed by atoms with Crippen molar-refractivity contribution in [2.75, 3.05) is 5.32 Å². The highest BCUT2D eigenvalue weighted by molar-refractivity contribution is 7.14. The molecule has 1 aliphatic carbocycles. The van der Waals surface area contributed by atoms with Crippen LogP contribution in [0.4, 0.5) is 5.69 Å². The molecule has 0 radical (unpaired) electrons. The molecular weight excluding hydrogens is 458 g/mol. The molecule has 4 aromatic heterocycles. The normalized spacial score (nSPS) is 14.1. The van der Waals surface area contributed by atoms with Crippen LogP contribution in [0.25, 0.3) is 16.4 Å². The Hall–Kier alpha value is -4.11. The number of carbonyl (C=O) groups is 1. The summed E-state index contributed by atoms with van der Waals surface area (Å²) in [6.07, 6.45) is 9.61. The average molecular weight is 482 g/mol. The number of hydrogen-bond donors (Lipinski definition) is 1. The zero-order valence-electron chi connectivity index (χ0n) is 19.1. The smallest absolute Gasteiger partial charge is 0.274 e. The molecule has 35 heavy (non-hydrogen) atoms. The van der Waals surface area contributed by atoms with Gasteiger partial charge >= 0.3 is 0 Å². The number of anilines is 1. The lowest BCUT2D eigenvalue weighted by atomic mass is 10.1. The summed E-state index contributed by atoms with van der Waals surface area (Å²) in [4.78, 5) is 22.6. The molecule has 1 fully saturated rings. The molecule has 1 amide bonds. The number of rotatable bonds is 7. The van der Waals surface area contributed by atoms with Gasteiger partial charge in [-0.15, -0.1) is 21.5 Å². The van der Waals surface area contributed by atoms with Crippen molar-refractivity contribution in [3.8, 4) is 16.4 Å². The largest absolute Gasteiger partial charge is 0.320 e. The molecule has 0 saturated heterocycles. The van der Waals surface area contributed by atoms with Crippen LogP contribution in [0.3, 0.4) is 0 Å². The first-order valence-electron chi connectivity index (χ1n) is 11.5. The lowest BCUT2D eigenvalue weighted by molar-refractivity contribution is 0.102. The summed E-state index contributed by atoms with van der Waals surface area (Å²) in [6.45, 7) is 2.12. The van der Waals surface area contributed by atoms with Crippen LogP contribution in [0.2, 0.25) is 0 Å². The summed E-state index contributed by atoms with van der Waals surface area (Å²) in [5.41, 5.74) is 4.18. The van der Waals surface area contributed by atoms with Crippen LogP contribution in [-0.4, -0.2) is 35.2 Å². The fraction of sp³-hybridized carbons (Fsp3) is 0.192. The molecular formula is C26H23N7OS. The van der Waals surface area contributed by atoms with E-state index in [1.807, 2.05) is 51.0 Å². The molecule has 5 aromatic rings. The Kier molecular flexibility index (Phi) is 5.46. The van der Waals surface area contributed by atoms with E-state index >= 15 is 0 Å². The lowest BCUT2D eigenvalue weighted by Gasteiger charge is -2.15. The predicted molar refractivity (Wildman–Crippen MR) is 135 cm³/mol. The number of benzene rings is 1. The van der Waals surface area contributed by atoms with Gasteiger partial charge in [0, 0.05) is 23.7 Å². The minimum Gasteiger partial charge on any atom is -0.320 e. The van der Waals surface area contributed by atoms with Gasteiger partial charge in [0.2, 0.25) is 0 Å². The lowest BCUT2D eigenvalue weighted by Crippen LogP contribution is -2.13. The van der Waals surface area contributed by atoms with E-state index in [2.05, 4.69) is 44.5 Å². The van der Waals surface area contributed by atoms with Crippen LogP contribution in [0.5, 0.6) is 0 Å². The van der Waals surface area contributed by atoms with Gasteiger partial charge in [-0.1, -0.05) is 30.3 Å². The van der Waals surface area contributed by atoms with Crippen LogP contribution in [0.1, 0.15) is 53.5 Å². The van der Waals surface area contributed by atoms with Crippen molar-refractivity contribution in [1.29, 1.82) is 0 Å². The molecule has 0 spiro atoms. The quantitative estimate of drug-likeness (QED) is 0.339. The molecule has 1 saturated carbocycles. The number of pyridine rings is 1. The summed E-state index contributed by atoms with van der Waals surface area (Å²) in [5, 5.41) is 13.3. The molecule has 174 valence electrons. The number of nitrogens with zero attached hydrogens (tertiary/aromatic N) is 6. The van der Waals surface area contributed by atoms with Crippen molar-refractivity contribution in [3.05, 3.63) is 95.9 Å². The second kappa shape index (κ2) is 8.92. The first-order chi connectivity index (χ1) is 17.2. The van der Waals surface area contributed by atoms with E-state index in [1.54, 1.807) is 24.9 Å². The Bertz CT molecular complexity index is 1480. The van der Waals surface area contributed by atoms with Crippen LogP contribution in [0, 0.1) is 0 Å². The minimum atomic E-state index is -0.266. The van der Waals surface area contributed by atoms with Gasteiger partial charge in [0.05, 0.1) is 34.3 Å². The maximum atomic E-state index is 12.9. The van der Waals surface area contributed by atoms with E-state index in [0.29, 0.717) is 17.3 Å². The van der Waals surface area contributed by atoms with Gasteiger partial charge in [0.15, 0.2) is 5.82 Å². The summed E-state index contributed by atoms with van der Waals surface area (Å²) < 4.78 is 3.98. The zero-order valence-corrected chi connectivity index (χ0v) is 19.9. The molecule has 0 bridgehead atoms. The predicted octanol–water partition coefficient (Wildman–Crippen LogP) is 5.33. The first-order valence-corrected chi connectivity index (χ1v) is 12.4. The van der Waals surface area contributed by atoms with Crippen LogP contribution in [0.15, 0.2) is 79.0 Å². The van der Waals surface area contributed by atoms with Crippen molar-refractivity contribution in [2.45, 2.75) is 31.7 Å². The molecule has 8 nitrogen and oxygen atoms in total. The number of thiophene rings is 1. The van der Waals surface area contributed by atoms with E-state index in [9.17, 15) is 4.79 Å². The summed E-state index contributed by atoms with van der Waals surface area (Å²) in [7, 11) is 0. The third-order valence-electron chi connectivity index (χ3n) is 6.22. The molecule has 0 unspecified atom stereocenters. The zero-order chi connectivity index (χ0) is 23.8. The van der Waals surface area contributed by atoms with Crippen molar-refractivity contribution in [3.63, 3.8) is 0 Å². The van der Waals surface area contributed by atoms with Crippen molar-refractivity contribution < 1.29 is 4.79 Å². The van der Waals surface area contributed by atoms with Crippen LogP contribution >= 0.6 is 11.3 Å². The average Bonchev–Trinajstić information content (AvgIpc) is 3.28. The molecule has 1 aromatic carbocycles. The highest BCUT2D eigenvalue weighted by Gasteiger charge is 2.26. The fourth-order valence-electron chi connectivity index (χ4n) is 4.08. The summed E-state index contributed by atoms with van der Waals surface area (Å²) >= 11 is 1.51. The maximum absolute atomic E-state index is 12.9. The van der Waals surface area contributed by atoms with Crippen LogP contribution < -0.4 is 5.32 Å². The van der Waals surface area contributed by atoms with Gasteiger partial charge < -0.3 is 14.5 Å². The highest BCUT2D eigenvalue weighted by atomic mass is 32.1. The Morgan fingerprint density at radius 2 is 1.97 bits per heavy atom. The Morgan fingerprint density at radius 3 is 2.80 bits per heavy atom. The van der Waals surface area contributed by atoms with E-state index in [0.717, 1.165) is 22.1 Å². The highest BCUT2D eigenvalue weighted by Crippen LogP contribution is 2.39. The molecule has 1 N–H and O–H groups in total. The van der Waals surface area contributed by atoms with Gasteiger partial charge in [-0.2, -0.15) is 0 Å². The minimum absolute atomic E-state index is 0.0805. The number of aromatic nitrogens is 6. The Morgan fingerprint density at radius 1 is 1.11 bits per heavy atom. The molecule has 0 aliphatic heterocycles. The Balaban J connectivity index is 1.19.